The van der Waals surface area contributed by atoms with Crippen LogP contribution < -0.4 is 0 Å². The van der Waals surface area contributed by atoms with Gasteiger partial charge in [-0.05, 0) is 57.3 Å². The minimum atomic E-state index is -0.708. The summed E-state index contributed by atoms with van der Waals surface area (Å²) in [4.78, 5) is 38.1. The molecule has 154 valence electrons. The molecule has 1 saturated heterocycles. The summed E-state index contributed by atoms with van der Waals surface area (Å²) in [6.07, 6.45) is 6.14. The lowest BCUT2D eigenvalue weighted by Gasteiger charge is -2.58. The summed E-state index contributed by atoms with van der Waals surface area (Å²) in [7, 11) is 0. The van der Waals surface area contributed by atoms with E-state index in [9.17, 15) is 19.5 Å². The van der Waals surface area contributed by atoms with E-state index >= 15 is 0 Å². The zero-order valence-corrected chi connectivity index (χ0v) is 17.0. The first-order chi connectivity index (χ1) is 13.3. The predicted octanol–water partition coefficient (Wildman–Crippen LogP) is 1.84. The summed E-state index contributed by atoms with van der Waals surface area (Å²) < 4.78 is 10.5. The normalized spacial score (nSPS) is 37.6. The van der Waals surface area contributed by atoms with Gasteiger partial charge in [-0.15, -0.1) is 0 Å². The van der Waals surface area contributed by atoms with Gasteiger partial charge in [-0.25, -0.2) is 4.79 Å². The van der Waals surface area contributed by atoms with Gasteiger partial charge in [0.25, 0.3) is 0 Å². The first-order valence-corrected chi connectivity index (χ1v) is 11.0. The number of hydrogen-bond acceptors (Lipinski definition) is 7. The van der Waals surface area contributed by atoms with Crippen molar-refractivity contribution in [2.24, 2.45) is 17.3 Å². The van der Waals surface area contributed by atoms with Crippen LogP contribution in [-0.2, 0) is 23.9 Å². The number of rotatable bonds is 6. The summed E-state index contributed by atoms with van der Waals surface area (Å²) in [6.45, 7) is 2.30. The van der Waals surface area contributed by atoms with E-state index in [0.717, 1.165) is 32.1 Å². The van der Waals surface area contributed by atoms with Gasteiger partial charge in [0.05, 0.1) is 41.0 Å². The van der Waals surface area contributed by atoms with E-state index in [4.69, 9.17) is 9.47 Å². The van der Waals surface area contributed by atoms with Crippen molar-refractivity contribution in [2.45, 2.75) is 51.0 Å². The van der Waals surface area contributed by atoms with Crippen LogP contribution in [0.25, 0.3) is 0 Å². The average molecular weight is 410 g/mol. The smallest absolute Gasteiger partial charge is 0.333 e. The fraction of sp³-hybridized carbons (Fsp3) is 0.750. The highest BCUT2D eigenvalue weighted by Gasteiger charge is 2.60. The van der Waals surface area contributed by atoms with Gasteiger partial charge in [-0.1, -0.05) is 11.8 Å². The van der Waals surface area contributed by atoms with Crippen LogP contribution in [0.15, 0.2) is 11.1 Å². The Labute approximate surface area is 168 Å². The maximum atomic E-state index is 12.9. The van der Waals surface area contributed by atoms with E-state index in [-0.39, 0.29) is 37.4 Å². The number of nitrogens with zero attached hydrogens (tertiary/aromatic N) is 1. The lowest BCUT2D eigenvalue weighted by molar-refractivity contribution is -0.196. The summed E-state index contributed by atoms with van der Waals surface area (Å²) >= 11 is 1.28. The molecular formula is C20H27NO6S. The van der Waals surface area contributed by atoms with Crippen molar-refractivity contribution in [1.29, 1.82) is 0 Å². The number of carbonyl (C=O) groups excluding carboxylic acids is 3. The highest BCUT2D eigenvalue weighted by molar-refractivity contribution is 8.04. The molecule has 4 saturated carbocycles. The third-order valence-corrected chi connectivity index (χ3v) is 7.48. The van der Waals surface area contributed by atoms with Gasteiger partial charge in [-0.2, -0.15) is 0 Å². The first-order valence-electron chi connectivity index (χ1n) is 10.0. The number of carbonyl (C=O) groups is 3. The highest BCUT2D eigenvalue weighted by atomic mass is 32.2. The van der Waals surface area contributed by atoms with Gasteiger partial charge in [0, 0.05) is 0 Å². The maximum absolute atomic E-state index is 12.9. The molecule has 0 aromatic carbocycles. The molecule has 2 atom stereocenters. The largest absolute Gasteiger partial charge is 0.463 e. The number of hydrogen-bond donors (Lipinski definition) is 1. The molecule has 1 aliphatic heterocycles. The van der Waals surface area contributed by atoms with E-state index in [1.807, 2.05) is 0 Å². The van der Waals surface area contributed by atoms with Crippen LogP contribution in [-0.4, -0.2) is 59.0 Å². The molecule has 5 rings (SSSR count). The van der Waals surface area contributed by atoms with E-state index in [1.165, 1.54) is 22.7 Å². The number of esters is 2. The molecule has 4 aliphatic carbocycles. The van der Waals surface area contributed by atoms with Gasteiger partial charge in [0.15, 0.2) is 0 Å². The van der Waals surface area contributed by atoms with Gasteiger partial charge in [0.2, 0.25) is 5.91 Å². The Morgan fingerprint density at radius 1 is 1.25 bits per heavy atom. The van der Waals surface area contributed by atoms with Crippen molar-refractivity contribution in [3.63, 3.8) is 0 Å². The van der Waals surface area contributed by atoms with E-state index < -0.39 is 17.0 Å². The summed E-state index contributed by atoms with van der Waals surface area (Å²) in [5.41, 5.74) is -1.27. The van der Waals surface area contributed by atoms with Crippen molar-refractivity contribution in [1.82, 2.24) is 4.90 Å². The molecule has 0 aromatic heterocycles. The standard InChI is InChI=1S/C20H27NO6S/c1-2-26-17(23)6-16-21(15(22)11-28-16)3-4-27-18(24)19-7-13-5-14(8-19)10-20(25,9-13)12-19/h6,13-14,25H,2-5,7-12H2,1H3/b16-6-/t13-,14-,19?,20?/m1/s1. The second kappa shape index (κ2) is 7.37. The Morgan fingerprint density at radius 2 is 1.96 bits per heavy atom. The van der Waals surface area contributed by atoms with Crippen LogP contribution in [0, 0.1) is 17.3 Å². The molecule has 5 aliphatic rings. The van der Waals surface area contributed by atoms with Crippen LogP contribution in [0.1, 0.15) is 45.4 Å². The maximum Gasteiger partial charge on any atom is 0.333 e. The fourth-order valence-corrected chi connectivity index (χ4v) is 6.85. The molecule has 28 heavy (non-hydrogen) atoms. The van der Waals surface area contributed by atoms with Gasteiger partial charge < -0.3 is 19.5 Å². The monoisotopic (exact) mass is 409 g/mol. The van der Waals surface area contributed by atoms with Gasteiger partial charge >= 0.3 is 11.9 Å². The minimum Gasteiger partial charge on any atom is -0.463 e. The minimum absolute atomic E-state index is 0.0841. The van der Waals surface area contributed by atoms with Crippen LogP contribution in [0.5, 0.6) is 0 Å². The SMILES string of the molecule is CCOC(=O)/C=C1\SCC(=O)N1CCOC(=O)C12C[C@H]3C[C@@H](CC(O)(C3)C1)C2. The topological polar surface area (TPSA) is 93.1 Å². The predicted molar refractivity (Wildman–Crippen MR) is 102 cm³/mol. The molecular weight excluding hydrogens is 382 g/mol. The molecule has 0 radical (unpaired) electrons. The zero-order chi connectivity index (χ0) is 19.9. The van der Waals surface area contributed by atoms with Crippen molar-refractivity contribution in [3.8, 4) is 0 Å². The van der Waals surface area contributed by atoms with Crippen LogP contribution >= 0.6 is 11.8 Å². The van der Waals surface area contributed by atoms with Crippen molar-refractivity contribution in [3.05, 3.63) is 11.1 Å². The fourth-order valence-electron chi connectivity index (χ4n) is 5.89. The second-order valence-electron chi connectivity index (χ2n) is 8.67. The second-order valence-corrected chi connectivity index (χ2v) is 9.67. The Hall–Kier alpha value is -1.54. The molecule has 5 fully saturated rings. The molecule has 1 amide bonds. The summed E-state index contributed by atoms with van der Waals surface area (Å²) in [5, 5.41) is 11.3. The van der Waals surface area contributed by atoms with Crippen molar-refractivity contribution in [2.75, 3.05) is 25.5 Å². The summed E-state index contributed by atoms with van der Waals surface area (Å²) in [5.74, 6) is 0.253. The molecule has 0 spiro atoms. The van der Waals surface area contributed by atoms with E-state index in [2.05, 4.69) is 0 Å². The Balaban J connectivity index is 1.35. The van der Waals surface area contributed by atoms with Gasteiger partial charge in [0.1, 0.15) is 6.61 Å². The third-order valence-electron chi connectivity index (χ3n) is 6.45. The number of amides is 1. The number of aliphatic hydroxyl groups is 1. The first kappa shape index (κ1) is 19.8. The highest BCUT2D eigenvalue weighted by Crippen LogP contribution is 2.61. The molecule has 1 N–H and O–H groups in total. The lowest BCUT2D eigenvalue weighted by Crippen LogP contribution is -2.58. The molecule has 7 nitrogen and oxygen atoms in total. The van der Waals surface area contributed by atoms with Crippen molar-refractivity contribution >= 4 is 29.6 Å². The van der Waals surface area contributed by atoms with E-state index in [0.29, 0.717) is 23.3 Å². The Bertz CT molecular complexity index is 705. The van der Waals surface area contributed by atoms with Crippen LogP contribution in [0.3, 0.4) is 0 Å². The average Bonchev–Trinajstić information content (AvgIpc) is 2.93. The number of ether oxygens (including phenoxy) is 2. The van der Waals surface area contributed by atoms with Crippen LogP contribution in [0.4, 0.5) is 0 Å². The van der Waals surface area contributed by atoms with E-state index in [1.54, 1.807) is 6.92 Å². The molecule has 4 bridgehead atoms. The van der Waals surface area contributed by atoms with Crippen molar-refractivity contribution < 1.29 is 29.0 Å². The zero-order valence-electron chi connectivity index (χ0n) is 16.1. The Kier molecular flexibility index (Phi) is 5.20. The molecule has 0 unspecified atom stereocenters. The third kappa shape index (κ3) is 3.68. The number of thioether (sulfide) groups is 1. The Morgan fingerprint density at radius 3 is 2.61 bits per heavy atom. The summed E-state index contributed by atoms with van der Waals surface area (Å²) in [6, 6.07) is 0. The van der Waals surface area contributed by atoms with Crippen LogP contribution in [0.2, 0.25) is 0 Å². The lowest BCUT2D eigenvalue weighted by atomic mass is 9.48. The quantitative estimate of drug-likeness (QED) is 0.528. The molecule has 1 heterocycles. The van der Waals surface area contributed by atoms with Gasteiger partial charge in [-0.3, -0.25) is 9.59 Å². The molecule has 0 aromatic rings. The molecule has 8 heteroatoms.